The van der Waals surface area contributed by atoms with Gasteiger partial charge in [-0.15, -0.1) is 0 Å². The van der Waals surface area contributed by atoms with Gasteiger partial charge in [0.1, 0.15) is 11.6 Å². The maximum atomic E-state index is 12.9. The highest BCUT2D eigenvalue weighted by atomic mass is 19.1. The summed E-state index contributed by atoms with van der Waals surface area (Å²) in [6, 6.07) is 4.85. The summed E-state index contributed by atoms with van der Waals surface area (Å²) < 4.78 is 18.4. The van der Waals surface area contributed by atoms with Gasteiger partial charge in [-0.2, -0.15) is 0 Å². The Labute approximate surface area is 84.9 Å². The molecule has 78 valence electrons. The monoisotopic (exact) mass is 196 g/mol. The third-order valence-electron chi connectivity index (χ3n) is 2.36. The van der Waals surface area contributed by atoms with Crippen molar-refractivity contribution in [2.75, 3.05) is 6.61 Å². The molecule has 0 aliphatic rings. The molecule has 0 aliphatic heterocycles. The highest BCUT2D eigenvalue weighted by Crippen LogP contribution is 2.16. The van der Waals surface area contributed by atoms with Gasteiger partial charge in [-0.3, -0.25) is 0 Å². The first-order chi connectivity index (χ1) is 6.63. The van der Waals surface area contributed by atoms with Crippen molar-refractivity contribution in [3.8, 4) is 5.75 Å². The van der Waals surface area contributed by atoms with Crippen LogP contribution in [0.25, 0.3) is 0 Å². The lowest BCUT2D eigenvalue weighted by molar-refractivity contribution is 0.256. The minimum absolute atomic E-state index is 0.180. The molecule has 0 amide bonds. The van der Waals surface area contributed by atoms with Crippen LogP contribution in [-0.2, 0) is 0 Å². The lowest BCUT2D eigenvalue weighted by Crippen LogP contribution is -2.07. The number of hydrogen-bond acceptors (Lipinski definition) is 1. The van der Waals surface area contributed by atoms with Crippen LogP contribution in [0.5, 0.6) is 5.75 Å². The first-order valence-electron chi connectivity index (χ1n) is 5.02. The van der Waals surface area contributed by atoms with Gasteiger partial charge in [-0.25, -0.2) is 4.39 Å². The summed E-state index contributed by atoms with van der Waals surface area (Å²) in [4.78, 5) is 0. The Bertz CT molecular complexity index is 296. The van der Waals surface area contributed by atoms with E-state index < -0.39 is 0 Å². The van der Waals surface area contributed by atoms with Gasteiger partial charge in [0.25, 0.3) is 0 Å². The summed E-state index contributed by atoms with van der Waals surface area (Å²) in [6.07, 6.45) is 1.10. The van der Waals surface area contributed by atoms with Crippen LogP contribution in [0.1, 0.15) is 25.8 Å². The van der Waals surface area contributed by atoms with E-state index in [-0.39, 0.29) is 5.82 Å². The van der Waals surface area contributed by atoms with Gasteiger partial charge in [0.05, 0.1) is 6.61 Å². The Morgan fingerprint density at radius 1 is 1.43 bits per heavy atom. The first-order valence-corrected chi connectivity index (χ1v) is 5.02. The molecule has 1 aromatic carbocycles. The zero-order chi connectivity index (χ0) is 10.6. The molecule has 0 heterocycles. The van der Waals surface area contributed by atoms with E-state index in [0.717, 1.165) is 12.2 Å². The topological polar surface area (TPSA) is 9.23 Å². The van der Waals surface area contributed by atoms with Crippen molar-refractivity contribution in [2.24, 2.45) is 5.92 Å². The molecule has 0 saturated heterocycles. The van der Waals surface area contributed by atoms with Gasteiger partial charge >= 0.3 is 0 Å². The SMILES string of the molecule is CCC(C)COc1ccc(F)c(C)c1. The predicted octanol–water partition coefficient (Wildman–Crippen LogP) is 3.56. The highest BCUT2D eigenvalue weighted by Gasteiger charge is 2.02. The number of rotatable bonds is 4. The molecule has 0 bridgehead atoms. The first kappa shape index (κ1) is 11.0. The minimum Gasteiger partial charge on any atom is -0.493 e. The zero-order valence-corrected chi connectivity index (χ0v) is 9.01. The normalized spacial score (nSPS) is 12.6. The quantitative estimate of drug-likeness (QED) is 0.715. The molecule has 1 atom stereocenters. The maximum Gasteiger partial charge on any atom is 0.126 e. The van der Waals surface area contributed by atoms with E-state index in [9.17, 15) is 4.39 Å². The summed E-state index contributed by atoms with van der Waals surface area (Å²) in [6.45, 7) is 6.70. The van der Waals surface area contributed by atoms with Crippen molar-refractivity contribution in [1.82, 2.24) is 0 Å². The number of aryl methyl sites for hydroxylation is 1. The van der Waals surface area contributed by atoms with E-state index in [1.807, 2.05) is 0 Å². The number of benzene rings is 1. The van der Waals surface area contributed by atoms with Crippen LogP contribution >= 0.6 is 0 Å². The van der Waals surface area contributed by atoms with Crippen molar-refractivity contribution in [3.63, 3.8) is 0 Å². The average molecular weight is 196 g/mol. The molecule has 0 radical (unpaired) electrons. The lowest BCUT2D eigenvalue weighted by Gasteiger charge is -2.11. The number of hydrogen-bond donors (Lipinski definition) is 0. The molecular formula is C12H17FO. The van der Waals surface area contributed by atoms with Crippen LogP contribution in [0.4, 0.5) is 4.39 Å². The van der Waals surface area contributed by atoms with Gasteiger partial charge in [0.15, 0.2) is 0 Å². The van der Waals surface area contributed by atoms with Crippen LogP contribution in [0.3, 0.4) is 0 Å². The van der Waals surface area contributed by atoms with E-state index in [1.165, 1.54) is 6.07 Å². The minimum atomic E-state index is -0.180. The molecule has 0 aliphatic carbocycles. The second kappa shape index (κ2) is 4.99. The van der Waals surface area contributed by atoms with Crippen molar-refractivity contribution in [1.29, 1.82) is 0 Å². The second-order valence-corrected chi connectivity index (χ2v) is 3.74. The molecule has 0 N–H and O–H groups in total. The average Bonchev–Trinajstić information content (AvgIpc) is 2.19. The third kappa shape index (κ3) is 3.02. The maximum absolute atomic E-state index is 12.9. The third-order valence-corrected chi connectivity index (χ3v) is 2.36. The van der Waals surface area contributed by atoms with E-state index in [1.54, 1.807) is 19.1 Å². The van der Waals surface area contributed by atoms with Crippen LogP contribution in [0.15, 0.2) is 18.2 Å². The molecule has 1 aromatic rings. The van der Waals surface area contributed by atoms with Crippen molar-refractivity contribution >= 4 is 0 Å². The fourth-order valence-electron chi connectivity index (χ4n) is 1.06. The van der Waals surface area contributed by atoms with Gasteiger partial charge in [-0.1, -0.05) is 20.3 Å². The number of halogens is 1. The number of ether oxygens (including phenoxy) is 1. The van der Waals surface area contributed by atoms with Crippen molar-refractivity contribution in [2.45, 2.75) is 27.2 Å². The molecule has 0 aromatic heterocycles. The van der Waals surface area contributed by atoms with Crippen molar-refractivity contribution < 1.29 is 9.13 Å². The lowest BCUT2D eigenvalue weighted by atomic mass is 10.1. The van der Waals surface area contributed by atoms with E-state index in [4.69, 9.17) is 4.74 Å². The van der Waals surface area contributed by atoms with Gasteiger partial charge in [0, 0.05) is 0 Å². The summed E-state index contributed by atoms with van der Waals surface area (Å²) in [7, 11) is 0. The molecule has 2 heteroatoms. The van der Waals surface area contributed by atoms with Gasteiger partial charge in [0.2, 0.25) is 0 Å². The van der Waals surface area contributed by atoms with E-state index >= 15 is 0 Å². The molecule has 0 spiro atoms. The predicted molar refractivity (Wildman–Crippen MR) is 56.1 cm³/mol. The summed E-state index contributed by atoms with van der Waals surface area (Å²) in [5, 5.41) is 0. The molecule has 0 fully saturated rings. The van der Waals surface area contributed by atoms with Crippen LogP contribution in [0.2, 0.25) is 0 Å². The molecule has 1 unspecified atom stereocenters. The Morgan fingerprint density at radius 2 is 2.14 bits per heavy atom. The standard InChI is InChI=1S/C12H17FO/c1-4-9(2)8-14-11-5-6-12(13)10(3)7-11/h5-7,9H,4,8H2,1-3H3. The molecule has 14 heavy (non-hydrogen) atoms. The Kier molecular flexibility index (Phi) is 3.93. The Morgan fingerprint density at radius 3 is 2.71 bits per heavy atom. The molecule has 1 nitrogen and oxygen atoms in total. The van der Waals surface area contributed by atoms with Gasteiger partial charge < -0.3 is 4.74 Å². The highest BCUT2D eigenvalue weighted by molar-refractivity contribution is 5.28. The van der Waals surface area contributed by atoms with E-state index in [0.29, 0.717) is 18.1 Å². The zero-order valence-electron chi connectivity index (χ0n) is 9.01. The van der Waals surface area contributed by atoms with Crippen LogP contribution in [-0.4, -0.2) is 6.61 Å². The second-order valence-electron chi connectivity index (χ2n) is 3.74. The fraction of sp³-hybridized carbons (Fsp3) is 0.500. The molecular weight excluding hydrogens is 179 g/mol. The van der Waals surface area contributed by atoms with Gasteiger partial charge in [-0.05, 0) is 36.6 Å². The summed E-state index contributed by atoms with van der Waals surface area (Å²) >= 11 is 0. The summed E-state index contributed by atoms with van der Waals surface area (Å²) in [5.41, 5.74) is 0.631. The molecule has 0 saturated carbocycles. The molecule has 1 rings (SSSR count). The van der Waals surface area contributed by atoms with Crippen molar-refractivity contribution in [3.05, 3.63) is 29.6 Å². The van der Waals surface area contributed by atoms with Crippen LogP contribution in [0, 0.1) is 18.7 Å². The summed E-state index contributed by atoms with van der Waals surface area (Å²) in [5.74, 6) is 1.12. The smallest absolute Gasteiger partial charge is 0.126 e. The largest absolute Gasteiger partial charge is 0.493 e. The van der Waals surface area contributed by atoms with Crippen LogP contribution < -0.4 is 4.74 Å². The fourth-order valence-corrected chi connectivity index (χ4v) is 1.06. The Hall–Kier alpha value is -1.05. The Balaban J connectivity index is 2.55. The van der Waals surface area contributed by atoms with E-state index in [2.05, 4.69) is 13.8 Å².